The first-order chi connectivity index (χ1) is 12.1. The van der Waals surface area contributed by atoms with E-state index in [1.807, 2.05) is 45.0 Å². The minimum absolute atomic E-state index is 0.191. The van der Waals surface area contributed by atoms with E-state index in [9.17, 15) is 5.11 Å². The third-order valence-electron chi connectivity index (χ3n) is 4.10. The van der Waals surface area contributed by atoms with Gasteiger partial charge in [-0.15, -0.1) is 0 Å². The highest BCUT2D eigenvalue weighted by Crippen LogP contribution is 2.29. The molecule has 0 amide bonds. The molecular weight excluding hydrogens is 318 g/mol. The van der Waals surface area contributed by atoms with Gasteiger partial charge in [0.1, 0.15) is 5.76 Å². The summed E-state index contributed by atoms with van der Waals surface area (Å²) in [6.45, 7) is 7.69. The summed E-state index contributed by atoms with van der Waals surface area (Å²) in [5, 5.41) is 14.3. The molecule has 0 aliphatic rings. The predicted molar refractivity (Wildman–Crippen MR) is 96.1 cm³/mol. The molecule has 5 heteroatoms. The summed E-state index contributed by atoms with van der Waals surface area (Å²) in [6, 6.07) is 12.1. The van der Waals surface area contributed by atoms with Crippen molar-refractivity contribution < 1.29 is 19.1 Å². The first-order valence-corrected chi connectivity index (χ1v) is 8.98. The standard InChI is InChI=1S/C20H29NO4/c1-4-24-20(22)19(15(2)3)18-13-17(21-25-18)11-8-12-23-14-16-9-6-5-7-10-16/h5-7,9-10,13,15,19-20,22H,4,8,11-12,14H2,1-3H3. The lowest BCUT2D eigenvalue weighted by Crippen LogP contribution is -2.25. The van der Waals surface area contributed by atoms with Crippen LogP contribution in [0.4, 0.5) is 0 Å². The lowest BCUT2D eigenvalue weighted by molar-refractivity contribution is -0.122. The van der Waals surface area contributed by atoms with E-state index in [4.69, 9.17) is 14.0 Å². The molecule has 1 heterocycles. The molecule has 0 saturated heterocycles. The van der Waals surface area contributed by atoms with Gasteiger partial charge in [0.2, 0.25) is 0 Å². The first-order valence-electron chi connectivity index (χ1n) is 8.98. The second-order valence-corrected chi connectivity index (χ2v) is 6.48. The Morgan fingerprint density at radius 3 is 2.64 bits per heavy atom. The molecule has 2 atom stereocenters. The van der Waals surface area contributed by atoms with E-state index < -0.39 is 6.29 Å². The van der Waals surface area contributed by atoms with Gasteiger partial charge in [0.15, 0.2) is 6.29 Å². The number of aromatic nitrogens is 1. The van der Waals surface area contributed by atoms with E-state index in [-0.39, 0.29) is 11.8 Å². The van der Waals surface area contributed by atoms with Gasteiger partial charge in [-0.3, -0.25) is 0 Å². The maximum Gasteiger partial charge on any atom is 0.164 e. The molecule has 2 rings (SSSR count). The Kier molecular flexibility index (Phi) is 8.12. The maximum atomic E-state index is 10.2. The van der Waals surface area contributed by atoms with Gasteiger partial charge in [0.25, 0.3) is 0 Å². The van der Waals surface area contributed by atoms with Crippen molar-refractivity contribution in [3.05, 3.63) is 53.4 Å². The average molecular weight is 347 g/mol. The molecule has 5 nitrogen and oxygen atoms in total. The summed E-state index contributed by atoms with van der Waals surface area (Å²) in [4.78, 5) is 0. The van der Waals surface area contributed by atoms with Crippen molar-refractivity contribution >= 4 is 0 Å². The summed E-state index contributed by atoms with van der Waals surface area (Å²) in [7, 11) is 0. The molecule has 1 aromatic carbocycles. The summed E-state index contributed by atoms with van der Waals surface area (Å²) < 4.78 is 16.5. The van der Waals surface area contributed by atoms with Crippen molar-refractivity contribution in [3.8, 4) is 0 Å². The predicted octanol–water partition coefficient (Wildman–Crippen LogP) is 3.92. The zero-order chi connectivity index (χ0) is 18.1. The summed E-state index contributed by atoms with van der Waals surface area (Å²) in [5.41, 5.74) is 2.06. The first kappa shape index (κ1) is 19.6. The Labute approximate surface area is 149 Å². The molecule has 0 spiro atoms. The number of nitrogens with zero attached hydrogens (tertiary/aromatic N) is 1. The normalized spacial score (nSPS) is 14.0. The lowest BCUT2D eigenvalue weighted by atomic mass is 9.92. The van der Waals surface area contributed by atoms with Gasteiger partial charge >= 0.3 is 0 Å². The van der Waals surface area contributed by atoms with Crippen LogP contribution in [0.25, 0.3) is 0 Å². The minimum Gasteiger partial charge on any atom is -0.377 e. The monoisotopic (exact) mass is 347 g/mol. The Morgan fingerprint density at radius 1 is 1.20 bits per heavy atom. The van der Waals surface area contributed by atoms with Crippen LogP contribution in [0, 0.1) is 5.92 Å². The number of aliphatic hydroxyl groups excluding tert-OH is 1. The van der Waals surface area contributed by atoms with E-state index in [2.05, 4.69) is 17.3 Å². The van der Waals surface area contributed by atoms with Crippen LogP contribution < -0.4 is 0 Å². The zero-order valence-corrected chi connectivity index (χ0v) is 15.4. The van der Waals surface area contributed by atoms with Crippen LogP contribution in [-0.4, -0.2) is 29.8 Å². The maximum absolute atomic E-state index is 10.2. The smallest absolute Gasteiger partial charge is 0.164 e. The Balaban J connectivity index is 1.78. The highest BCUT2D eigenvalue weighted by molar-refractivity contribution is 5.13. The van der Waals surface area contributed by atoms with Gasteiger partial charge in [0.05, 0.1) is 18.2 Å². The molecule has 0 aliphatic carbocycles. The van der Waals surface area contributed by atoms with E-state index in [1.54, 1.807) is 0 Å². The van der Waals surface area contributed by atoms with E-state index in [0.29, 0.717) is 25.6 Å². The minimum atomic E-state index is -0.875. The van der Waals surface area contributed by atoms with Gasteiger partial charge in [-0.05, 0) is 31.2 Å². The molecule has 1 N–H and O–H groups in total. The van der Waals surface area contributed by atoms with Gasteiger partial charge in [0, 0.05) is 19.3 Å². The summed E-state index contributed by atoms with van der Waals surface area (Å²) in [5.74, 6) is 0.656. The van der Waals surface area contributed by atoms with Crippen molar-refractivity contribution in [2.24, 2.45) is 5.92 Å². The fraction of sp³-hybridized carbons (Fsp3) is 0.550. The Morgan fingerprint density at radius 2 is 1.96 bits per heavy atom. The molecule has 2 unspecified atom stereocenters. The Bertz CT molecular complexity index is 597. The molecule has 25 heavy (non-hydrogen) atoms. The van der Waals surface area contributed by atoms with Crippen molar-refractivity contribution in [1.29, 1.82) is 0 Å². The fourth-order valence-electron chi connectivity index (χ4n) is 2.80. The number of aryl methyl sites for hydroxylation is 1. The molecule has 138 valence electrons. The molecule has 1 aromatic heterocycles. The van der Waals surface area contributed by atoms with Crippen LogP contribution in [0.1, 0.15) is 50.1 Å². The number of rotatable bonds is 11. The van der Waals surface area contributed by atoms with Crippen molar-refractivity contribution in [3.63, 3.8) is 0 Å². The highest BCUT2D eigenvalue weighted by Gasteiger charge is 2.28. The second-order valence-electron chi connectivity index (χ2n) is 6.48. The third-order valence-corrected chi connectivity index (χ3v) is 4.10. The van der Waals surface area contributed by atoms with Crippen LogP contribution in [0.3, 0.4) is 0 Å². The molecule has 0 bridgehead atoms. The second kappa shape index (κ2) is 10.3. The van der Waals surface area contributed by atoms with Gasteiger partial charge < -0.3 is 19.1 Å². The highest BCUT2D eigenvalue weighted by atomic mass is 16.6. The quantitative estimate of drug-likeness (QED) is 0.493. The largest absolute Gasteiger partial charge is 0.377 e. The number of benzene rings is 1. The molecule has 0 saturated carbocycles. The van der Waals surface area contributed by atoms with Crippen molar-refractivity contribution in [1.82, 2.24) is 5.16 Å². The number of aliphatic hydroxyl groups is 1. The Hall–Kier alpha value is -1.69. The summed E-state index contributed by atoms with van der Waals surface area (Å²) >= 11 is 0. The molecule has 0 radical (unpaired) electrons. The molecule has 0 fully saturated rings. The van der Waals surface area contributed by atoms with Crippen LogP contribution in [0.15, 0.2) is 40.9 Å². The van der Waals surface area contributed by atoms with Gasteiger partial charge in [-0.1, -0.05) is 49.3 Å². The lowest BCUT2D eigenvalue weighted by Gasteiger charge is -2.23. The number of hydrogen-bond acceptors (Lipinski definition) is 5. The molecule has 0 aliphatic heterocycles. The van der Waals surface area contributed by atoms with Crippen LogP contribution in [0.2, 0.25) is 0 Å². The van der Waals surface area contributed by atoms with E-state index in [1.165, 1.54) is 5.56 Å². The zero-order valence-electron chi connectivity index (χ0n) is 15.4. The SMILES string of the molecule is CCOC(O)C(c1cc(CCCOCc2ccccc2)no1)C(C)C. The topological polar surface area (TPSA) is 64.7 Å². The van der Waals surface area contributed by atoms with Crippen molar-refractivity contribution in [2.75, 3.05) is 13.2 Å². The van der Waals surface area contributed by atoms with Gasteiger partial charge in [-0.25, -0.2) is 0 Å². The van der Waals surface area contributed by atoms with Crippen molar-refractivity contribution in [2.45, 2.75) is 52.4 Å². The van der Waals surface area contributed by atoms with Gasteiger partial charge in [-0.2, -0.15) is 0 Å². The fourth-order valence-corrected chi connectivity index (χ4v) is 2.80. The third kappa shape index (κ3) is 6.27. The van der Waals surface area contributed by atoms with Crippen LogP contribution in [0.5, 0.6) is 0 Å². The number of hydrogen-bond donors (Lipinski definition) is 1. The van der Waals surface area contributed by atoms with Crippen LogP contribution in [-0.2, 0) is 22.5 Å². The number of ether oxygens (including phenoxy) is 2. The average Bonchev–Trinajstić information content (AvgIpc) is 3.04. The van der Waals surface area contributed by atoms with Crippen LogP contribution >= 0.6 is 0 Å². The molecular formula is C20H29NO4. The van der Waals surface area contributed by atoms with E-state index in [0.717, 1.165) is 18.5 Å². The molecule has 2 aromatic rings. The van der Waals surface area contributed by atoms with E-state index >= 15 is 0 Å². The summed E-state index contributed by atoms with van der Waals surface area (Å²) in [6.07, 6.45) is 0.785.